The summed E-state index contributed by atoms with van der Waals surface area (Å²) in [6.45, 7) is 4.58. The molecule has 4 nitrogen and oxygen atoms in total. The van der Waals surface area contributed by atoms with Crippen LogP contribution in [0.5, 0.6) is 0 Å². The molecule has 0 heterocycles. The molecule has 0 aromatic rings. The van der Waals surface area contributed by atoms with E-state index in [4.69, 9.17) is 9.99 Å². The van der Waals surface area contributed by atoms with Crippen molar-refractivity contribution in [2.75, 3.05) is 13.2 Å². The molecule has 0 saturated carbocycles. The zero-order valence-corrected chi connectivity index (χ0v) is 10.4. The maximum absolute atomic E-state index is 11.2. The van der Waals surface area contributed by atoms with Crippen molar-refractivity contribution in [3.63, 3.8) is 0 Å². The van der Waals surface area contributed by atoms with Crippen LogP contribution in [0, 0.1) is 5.92 Å². The summed E-state index contributed by atoms with van der Waals surface area (Å²) >= 11 is 0. The second-order valence-corrected chi connectivity index (χ2v) is 4.19. The number of hydrogen-bond donors (Lipinski definition) is 1. The van der Waals surface area contributed by atoms with Gasteiger partial charge < -0.3 is 4.74 Å². The fourth-order valence-corrected chi connectivity index (χ4v) is 1.56. The first-order valence-corrected chi connectivity index (χ1v) is 6.12. The van der Waals surface area contributed by atoms with Gasteiger partial charge in [-0.1, -0.05) is 39.5 Å². The van der Waals surface area contributed by atoms with Crippen molar-refractivity contribution >= 4 is 5.97 Å². The second-order valence-electron chi connectivity index (χ2n) is 4.19. The van der Waals surface area contributed by atoms with Crippen LogP contribution in [-0.2, 0) is 14.4 Å². The summed E-state index contributed by atoms with van der Waals surface area (Å²) in [7, 11) is 0. The second kappa shape index (κ2) is 10.9. The van der Waals surface area contributed by atoms with E-state index in [1.807, 2.05) is 0 Å². The van der Waals surface area contributed by atoms with Crippen molar-refractivity contribution in [3.8, 4) is 0 Å². The molecule has 1 atom stereocenters. The normalized spacial score (nSPS) is 12.4. The Balaban J connectivity index is 3.32. The highest BCUT2D eigenvalue weighted by Crippen LogP contribution is 2.15. The standard InChI is InChI=1S/C12H24O4/c1-3-4-6-11(2)7-5-8-12(13)15-9-10-16-14/h11,14H,3-10H2,1-2H3. The van der Waals surface area contributed by atoms with Gasteiger partial charge in [0.05, 0.1) is 0 Å². The lowest BCUT2D eigenvalue weighted by atomic mass is 9.98. The molecule has 1 N–H and O–H groups in total. The molecule has 0 aromatic heterocycles. The summed E-state index contributed by atoms with van der Waals surface area (Å²) in [5.41, 5.74) is 0. The zero-order valence-electron chi connectivity index (χ0n) is 10.4. The number of ether oxygens (including phenoxy) is 1. The van der Waals surface area contributed by atoms with Crippen LogP contribution in [0.2, 0.25) is 0 Å². The van der Waals surface area contributed by atoms with Gasteiger partial charge in [-0.25, -0.2) is 4.89 Å². The summed E-state index contributed by atoms with van der Waals surface area (Å²) in [5.74, 6) is 0.480. The number of unbranched alkanes of at least 4 members (excludes halogenated alkanes) is 1. The predicted molar refractivity (Wildman–Crippen MR) is 62.1 cm³/mol. The maximum atomic E-state index is 11.2. The molecule has 0 aliphatic rings. The van der Waals surface area contributed by atoms with Gasteiger partial charge in [0, 0.05) is 6.42 Å². The molecule has 0 spiro atoms. The molecule has 0 bridgehead atoms. The van der Waals surface area contributed by atoms with Gasteiger partial charge in [-0.15, -0.1) is 0 Å². The molecule has 4 heteroatoms. The molecule has 0 aliphatic carbocycles. The average Bonchev–Trinajstić information content (AvgIpc) is 2.26. The highest BCUT2D eigenvalue weighted by Gasteiger charge is 2.05. The van der Waals surface area contributed by atoms with Gasteiger partial charge >= 0.3 is 5.97 Å². The summed E-state index contributed by atoms with van der Waals surface area (Å²) in [6.07, 6.45) is 6.15. The highest BCUT2D eigenvalue weighted by molar-refractivity contribution is 5.69. The topological polar surface area (TPSA) is 55.8 Å². The van der Waals surface area contributed by atoms with Gasteiger partial charge in [-0.2, -0.15) is 0 Å². The summed E-state index contributed by atoms with van der Waals surface area (Å²) in [6, 6.07) is 0. The molecule has 0 amide bonds. The van der Waals surface area contributed by atoms with Crippen molar-refractivity contribution < 1.29 is 19.7 Å². The lowest BCUT2D eigenvalue weighted by molar-refractivity contribution is -0.248. The van der Waals surface area contributed by atoms with E-state index in [0.29, 0.717) is 12.3 Å². The molecular formula is C12H24O4. The van der Waals surface area contributed by atoms with Crippen LogP contribution in [0.15, 0.2) is 0 Å². The SMILES string of the molecule is CCCCC(C)CCCC(=O)OCCOO. The van der Waals surface area contributed by atoms with E-state index in [-0.39, 0.29) is 19.2 Å². The van der Waals surface area contributed by atoms with Crippen LogP contribution >= 0.6 is 0 Å². The summed E-state index contributed by atoms with van der Waals surface area (Å²) in [5, 5.41) is 8.02. The molecule has 0 saturated heterocycles. The van der Waals surface area contributed by atoms with Gasteiger partial charge in [0.2, 0.25) is 0 Å². The number of hydrogen-bond acceptors (Lipinski definition) is 4. The fraction of sp³-hybridized carbons (Fsp3) is 0.917. The quantitative estimate of drug-likeness (QED) is 0.272. The van der Waals surface area contributed by atoms with Gasteiger partial charge in [0.15, 0.2) is 0 Å². The molecule has 0 aliphatic heterocycles. The van der Waals surface area contributed by atoms with Crippen LogP contribution in [0.4, 0.5) is 0 Å². The molecule has 0 aromatic carbocycles. The molecular weight excluding hydrogens is 208 g/mol. The molecule has 0 radical (unpaired) electrons. The van der Waals surface area contributed by atoms with Gasteiger partial charge in [-0.05, 0) is 12.3 Å². The minimum atomic E-state index is -0.209. The monoisotopic (exact) mass is 232 g/mol. The third-order valence-electron chi connectivity index (χ3n) is 2.57. The Kier molecular flexibility index (Phi) is 10.5. The Hall–Kier alpha value is -0.610. The van der Waals surface area contributed by atoms with Crippen molar-refractivity contribution in [3.05, 3.63) is 0 Å². The lowest BCUT2D eigenvalue weighted by Crippen LogP contribution is -2.09. The largest absolute Gasteiger partial charge is 0.463 e. The number of rotatable bonds is 10. The van der Waals surface area contributed by atoms with Crippen LogP contribution in [-0.4, -0.2) is 24.4 Å². The van der Waals surface area contributed by atoms with Crippen LogP contribution in [0.1, 0.15) is 52.4 Å². The fourth-order valence-electron chi connectivity index (χ4n) is 1.56. The Bertz CT molecular complexity index is 170. The Morgan fingerprint density at radius 1 is 1.25 bits per heavy atom. The van der Waals surface area contributed by atoms with E-state index in [1.165, 1.54) is 19.3 Å². The van der Waals surface area contributed by atoms with E-state index in [9.17, 15) is 4.79 Å². The first-order chi connectivity index (χ1) is 7.70. The third kappa shape index (κ3) is 9.93. The number of carbonyl (C=O) groups is 1. The molecule has 0 fully saturated rings. The lowest BCUT2D eigenvalue weighted by Gasteiger charge is -2.09. The Morgan fingerprint density at radius 3 is 2.56 bits per heavy atom. The first kappa shape index (κ1) is 15.4. The van der Waals surface area contributed by atoms with Gasteiger partial charge in [0.25, 0.3) is 0 Å². The van der Waals surface area contributed by atoms with E-state index < -0.39 is 0 Å². The average molecular weight is 232 g/mol. The maximum Gasteiger partial charge on any atom is 0.305 e. The Labute approximate surface area is 97.9 Å². The van der Waals surface area contributed by atoms with Gasteiger partial charge in [0.1, 0.15) is 13.2 Å². The van der Waals surface area contributed by atoms with Crippen LogP contribution < -0.4 is 0 Å². The first-order valence-electron chi connectivity index (χ1n) is 6.12. The minimum Gasteiger partial charge on any atom is -0.463 e. The number of carbonyl (C=O) groups excluding carboxylic acids is 1. The number of esters is 1. The molecule has 0 rings (SSSR count). The van der Waals surface area contributed by atoms with Gasteiger partial charge in [-0.3, -0.25) is 10.1 Å². The van der Waals surface area contributed by atoms with E-state index in [1.54, 1.807) is 0 Å². The van der Waals surface area contributed by atoms with Crippen molar-refractivity contribution in [1.29, 1.82) is 0 Å². The molecule has 16 heavy (non-hydrogen) atoms. The minimum absolute atomic E-state index is 0.0403. The predicted octanol–water partition coefficient (Wildman–Crippen LogP) is 3.02. The summed E-state index contributed by atoms with van der Waals surface area (Å²) in [4.78, 5) is 15.0. The summed E-state index contributed by atoms with van der Waals surface area (Å²) < 4.78 is 4.82. The van der Waals surface area contributed by atoms with E-state index in [2.05, 4.69) is 18.7 Å². The van der Waals surface area contributed by atoms with E-state index >= 15 is 0 Å². The van der Waals surface area contributed by atoms with Crippen molar-refractivity contribution in [1.82, 2.24) is 0 Å². The third-order valence-corrected chi connectivity index (χ3v) is 2.57. The van der Waals surface area contributed by atoms with Crippen LogP contribution in [0.25, 0.3) is 0 Å². The van der Waals surface area contributed by atoms with Crippen molar-refractivity contribution in [2.24, 2.45) is 5.92 Å². The molecule has 1 unspecified atom stereocenters. The van der Waals surface area contributed by atoms with Crippen molar-refractivity contribution in [2.45, 2.75) is 52.4 Å². The Morgan fingerprint density at radius 2 is 1.94 bits per heavy atom. The molecule has 96 valence electrons. The van der Waals surface area contributed by atoms with Crippen LogP contribution in [0.3, 0.4) is 0 Å². The van der Waals surface area contributed by atoms with E-state index in [0.717, 1.165) is 12.8 Å². The smallest absolute Gasteiger partial charge is 0.305 e. The zero-order chi connectivity index (χ0) is 12.2. The highest BCUT2D eigenvalue weighted by atomic mass is 17.1.